The average molecular weight is 324 g/mol. The fraction of sp³-hybridized carbons (Fsp3) is 0.222. The van der Waals surface area contributed by atoms with Gasteiger partial charge in [0.25, 0.3) is 0 Å². The highest BCUT2D eigenvalue weighted by Crippen LogP contribution is 2.31. The van der Waals surface area contributed by atoms with Gasteiger partial charge in [0.2, 0.25) is 0 Å². The minimum Gasteiger partial charge on any atom is -0.446 e. The Morgan fingerprint density at radius 2 is 1.94 bits per heavy atom. The van der Waals surface area contributed by atoms with E-state index in [1.165, 1.54) is 0 Å². The van der Waals surface area contributed by atoms with Crippen LogP contribution in [0.25, 0.3) is 0 Å². The minimum absolute atomic E-state index is 0.107. The molecule has 1 atom stereocenters. The lowest BCUT2D eigenvalue weighted by atomic mass is 10.1. The Bertz CT molecular complexity index is 545. The smallest absolute Gasteiger partial charge is 0.426 e. The summed E-state index contributed by atoms with van der Waals surface area (Å²) in [6.45, 7) is -0.191. The van der Waals surface area contributed by atoms with Crippen LogP contribution in [0.5, 0.6) is 0 Å². The summed E-state index contributed by atoms with van der Waals surface area (Å²) in [5, 5.41) is 0. The lowest BCUT2D eigenvalue weighted by Gasteiger charge is -2.16. The van der Waals surface area contributed by atoms with E-state index >= 15 is 0 Å². The number of rotatable bonds is 2. The molecule has 1 fully saturated rings. The topological polar surface area (TPSA) is 63.7 Å². The van der Waals surface area contributed by atoms with Gasteiger partial charge in [0.05, 0.1) is 0 Å². The molecule has 1 aromatic rings. The molecule has 0 unspecified atom stereocenters. The Balaban J connectivity index is 2.39. The summed E-state index contributed by atoms with van der Waals surface area (Å²) in [5.41, 5.74) is 0.486. The first-order valence-corrected chi connectivity index (χ1v) is 6.69. The fourth-order valence-corrected chi connectivity index (χ4v) is 2.55. The summed E-state index contributed by atoms with van der Waals surface area (Å²) in [4.78, 5) is 11.1. The Hall–Kier alpha value is -1.15. The van der Waals surface area contributed by atoms with Crippen LogP contribution in [0.4, 0.5) is 8.68 Å². The molecular formula is C9H7BrFNO4S. The van der Waals surface area contributed by atoms with Crippen molar-refractivity contribution in [2.45, 2.75) is 6.04 Å². The number of hydrogen-bond donors (Lipinski definition) is 0. The van der Waals surface area contributed by atoms with Crippen molar-refractivity contribution >= 4 is 32.4 Å². The molecule has 8 heteroatoms. The Labute approximate surface area is 106 Å². The molecule has 0 bridgehead atoms. The summed E-state index contributed by atoms with van der Waals surface area (Å²) < 4.78 is 40.1. The number of carbonyl (C=O) groups is 1. The third kappa shape index (κ3) is 2.42. The van der Waals surface area contributed by atoms with Gasteiger partial charge < -0.3 is 4.74 Å². The van der Waals surface area contributed by atoms with Gasteiger partial charge in [0, 0.05) is 4.47 Å². The van der Waals surface area contributed by atoms with E-state index in [0.29, 0.717) is 5.56 Å². The molecule has 1 aliphatic heterocycles. The average Bonchev–Trinajstić information content (AvgIpc) is 2.61. The van der Waals surface area contributed by atoms with Gasteiger partial charge in [0.15, 0.2) is 0 Å². The third-order valence-electron chi connectivity index (χ3n) is 2.32. The van der Waals surface area contributed by atoms with Crippen molar-refractivity contribution in [3.8, 4) is 0 Å². The minimum atomic E-state index is -5.11. The van der Waals surface area contributed by atoms with Gasteiger partial charge in [-0.1, -0.05) is 31.9 Å². The highest BCUT2D eigenvalue weighted by Gasteiger charge is 2.42. The maximum Gasteiger partial charge on any atom is 0.426 e. The summed E-state index contributed by atoms with van der Waals surface area (Å²) in [7, 11) is -5.11. The molecule has 0 spiro atoms. The van der Waals surface area contributed by atoms with E-state index in [-0.39, 0.29) is 10.9 Å². The van der Waals surface area contributed by atoms with Crippen LogP contribution in [-0.2, 0) is 15.1 Å². The summed E-state index contributed by atoms with van der Waals surface area (Å²) >= 11 is 3.22. The number of halogens is 2. The molecular weight excluding hydrogens is 317 g/mol. The van der Waals surface area contributed by atoms with Crippen molar-refractivity contribution in [2.24, 2.45) is 0 Å². The molecule has 17 heavy (non-hydrogen) atoms. The Morgan fingerprint density at radius 1 is 1.35 bits per heavy atom. The van der Waals surface area contributed by atoms with Gasteiger partial charge in [0.1, 0.15) is 12.6 Å². The predicted octanol–water partition coefficient (Wildman–Crippen LogP) is 2.16. The quantitative estimate of drug-likeness (QED) is 0.782. The second kappa shape index (κ2) is 4.26. The van der Waals surface area contributed by atoms with Gasteiger partial charge in [-0.2, -0.15) is 12.7 Å². The third-order valence-corrected chi connectivity index (χ3v) is 3.72. The molecule has 0 saturated carbocycles. The number of cyclic esters (lactones) is 1. The molecule has 1 aromatic carbocycles. The van der Waals surface area contributed by atoms with Gasteiger partial charge in [-0.25, -0.2) is 4.79 Å². The number of hydrogen-bond acceptors (Lipinski definition) is 4. The molecule has 0 aromatic heterocycles. The molecule has 92 valence electrons. The lowest BCUT2D eigenvalue weighted by molar-refractivity contribution is 0.169. The van der Waals surface area contributed by atoms with E-state index in [0.717, 1.165) is 4.47 Å². The fourth-order valence-electron chi connectivity index (χ4n) is 1.57. The molecule has 1 saturated heterocycles. The highest BCUT2D eigenvalue weighted by molar-refractivity contribution is 9.10. The monoisotopic (exact) mass is 323 g/mol. The summed E-state index contributed by atoms with van der Waals surface area (Å²) in [6, 6.07) is 5.57. The standard InChI is InChI=1S/C9H7BrFNO4S/c10-7-3-1-6(2-4-7)8-5-16-9(13)12(8)17(11,14)15/h1-4,8H,5H2/t8-/m1/s1. The van der Waals surface area contributed by atoms with Crippen molar-refractivity contribution in [2.75, 3.05) is 6.61 Å². The first-order valence-electron chi connectivity index (χ1n) is 4.56. The van der Waals surface area contributed by atoms with E-state index < -0.39 is 22.5 Å². The number of benzene rings is 1. The van der Waals surface area contributed by atoms with Crippen LogP contribution in [0.3, 0.4) is 0 Å². The van der Waals surface area contributed by atoms with Gasteiger partial charge in [-0.05, 0) is 17.7 Å². The largest absolute Gasteiger partial charge is 0.446 e. The maximum absolute atomic E-state index is 12.9. The van der Waals surface area contributed by atoms with Crippen molar-refractivity contribution < 1.29 is 21.8 Å². The van der Waals surface area contributed by atoms with Crippen LogP contribution < -0.4 is 0 Å². The summed E-state index contributed by atoms with van der Waals surface area (Å²) in [6.07, 6.45) is -1.19. The van der Waals surface area contributed by atoms with E-state index in [1.54, 1.807) is 24.3 Å². The zero-order valence-electron chi connectivity index (χ0n) is 8.34. The first-order chi connectivity index (χ1) is 7.89. The SMILES string of the molecule is O=C1OC[C@H](c2ccc(Br)cc2)N1S(=O)(=O)F. The number of amides is 1. The van der Waals surface area contributed by atoms with Crippen molar-refractivity contribution in [3.05, 3.63) is 34.3 Å². The molecule has 0 aliphatic carbocycles. The van der Waals surface area contributed by atoms with Crippen molar-refractivity contribution in [1.82, 2.24) is 4.31 Å². The molecule has 5 nitrogen and oxygen atoms in total. The van der Waals surface area contributed by atoms with Crippen molar-refractivity contribution in [1.29, 1.82) is 0 Å². The Morgan fingerprint density at radius 3 is 2.47 bits per heavy atom. The van der Waals surface area contributed by atoms with Crippen LogP contribution in [0.2, 0.25) is 0 Å². The van der Waals surface area contributed by atoms with Gasteiger partial charge in [-0.15, -0.1) is 0 Å². The maximum atomic E-state index is 12.9. The molecule has 2 rings (SSSR count). The first kappa shape index (κ1) is 12.3. The molecule has 0 radical (unpaired) electrons. The van der Waals surface area contributed by atoms with Gasteiger partial charge >= 0.3 is 16.5 Å². The molecule has 1 amide bonds. The lowest BCUT2D eigenvalue weighted by Crippen LogP contribution is -2.31. The zero-order chi connectivity index (χ0) is 12.6. The van der Waals surface area contributed by atoms with E-state index in [1.807, 2.05) is 0 Å². The second-order valence-corrected chi connectivity index (χ2v) is 5.52. The predicted molar refractivity (Wildman–Crippen MR) is 60.1 cm³/mol. The molecule has 1 heterocycles. The van der Waals surface area contributed by atoms with Crippen LogP contribution >= 0.6 is 15.9 Å². The van der Waals surface area contributed by atoms with Crippen LogP contribution in [0.15, 0.2) is 28.7 Å². The van der Waals surface area contributed by atoms with Gasteiger partial charge in [-0.3, -0.25) is 0 Å². The number of ether oxygens (including phenoxy) is 1. The normalized spacial score (nSPS) is 20.5. The van der Waals surface area contributed by atoms with Crippen molar-refractivity contribution in [3.63, 3.8) is 0 Å². The van der Waals surface area contributed by atoms with E-state index in [9.17, 15) is 17.1 Å². The number of nitrogens with zero attached hydrogens (tertiary/aromatic N) is 1. The van der Waals surface area contributed by atoms with Crippen LogP contribution in [0, 0.1) is 0 Å². The highest BCUT2D eigenvalue weighted by atomic mass is 79.9. The molecule has 1 aliphatic rings. The summed E-state index contributed by atoms with van der Waals surface area (Å²) in [5.74, 6) is 0. The van der Waals surface area contributed by atoms with E-state index in [4.69, 9.17) is 0 Å². The Kier molecular flexibility index (Phi) is 3.09. The second-order valence-electron chi connectivity index (χ2n) is 3.38. The van der Waals surface area contributed by atoms with Crippen LogP contribution in [0.1, 0.15) is 11.6 Å². The molecule has 0 N–H and O–H groups in total. The van der Waals surface area contributed by atoms with Crippen LogP contribution in [-0.4, -0.2) is 25.4 Å². The number of carbonyl (C=O) groups excluding carboxylic acids is 1. The van der Waals surface area contributed by atoms with E-state index in [2.05, 4.69) is 20.7 Å². The zero-order valence-corrected chi connectivity index (χ0v) is 10.7.